The Morgan fingerprint density at radius 2 is 2.04 bits per heavy atom. The third-order valence-corrected chi connectivity index (χ3v) is 4.19. The summed E-state index contributed by atoms with van der Waals surface area (Å²) in [5.74, 6) is -0.117. The largest absolute Gasteiger partial charge is 0.458 e. The molecule has 0 radical (unpaired) electrons. The fourth-order valence-electron chi connectivity index (χ4n) is 2.55. The molecule has 0 spiro atoms. The van der Waals surface area contributed by atoms with Crippen LogP contribution in [0.15, 0.2) is 36.7 Å². The summed E-state index contributed by atoms with van der Waals surface area (Å²) in [5, 5.41) is 0.865. The molecular formula is C16H15Cl2N3O2. The number of carbonyl (C=O) groups is 1. The molecule has 1 amide bonds. The minimum absolute atomic E-state index is 0.117. The highest BCUT2D eigenvalue weighted by molar-refractivity contribution is 6.36. The normalized spacial score (nSPS) is 17.8. The van der Waals surface area contributed by atoms with Crippen molar-refractivity contribution >= 4 is 29.1 Å². The highest BCUT2D eigenvalue weighted by atomic mass is 35.5. The van der Waals surface area contributed by atoms with Crippen LogP contribution in [-0.2, 0) is 0 Å². The van der Waals surface area contributed by atoms with Gasteiger partial charge in [-0.2, -0.15) is 0 Å². The predicted molar refractivity (Wildman–Crippen MR) is 88.0 cm³/mol. The maximum absolute atomic E-state index is 12.6. The Kier molecular flexibility index (Phi) is 4.98. The lowest BCUT2D eigenvalue weighted by molar-refractivity contribution is 0.0516. The Morgan fingerprint density at radius 1 is 1.26 bits per heavy atom. The summed E-state index contributed by atoms with van der Waals surface area (Å²) in [5.41, 5.74) is 0.452. The van der Waals surface area contributed by atoms with Gasteiger partial charge in [-0.15, -0.1) is 0 Å². The second kappa shape index (κ2) is 7.15. The first-order chi connectivity index (χ1) is 11.1. The number of hydrogen-bond acceptors (Lipinski definition) is 4. The molecule has 1 atom stereocenters. The lowest BCUT2D eigenvalue weighted by atomic mass is 10.1. The second-order valence-corrected chi connectivity index (χ2v) is 6.13. The van der Waals surface area contributed by atoms with Gasteiger partial charge in [0, 0.05) is 24.0 Å². The van der Waals surface area contributed by atoms with E-state index in [0.717, 1.165) is 12.8 Å². The van der Waals surface area contributed by atoms with Gasteiger partial charge in [-0.1, -0.05) is 23.2 Å². The van der Waals surface area contributed by atoms with E-state index in [1.165, 1.54) is 0 Å². The van der Waals surface area contributed by atoms with Crippen LogP contribution in [0.2, 0.25) is 10.0 Å². The molecule has 120 valence electrons. The van der Waals surface area contributed by atoms with Crippen molar-refractivity contribution < 1.29 is 9.53 Å². The zero-order valence-electron chi connectivity index (χ0n) is 12.3. The molecule has 3 rings (SSSR count). The molecular weight excluding hydrogens is 337 g/mol. The zero-order chi connectivity index (χ0) is 16.2. The Bertz CT molecular complexity index is 697. The number of carbonyl (C=O) groups excluding carboxylic acids is 1. The molecule has 1 aromatic carbocycles. The molecule has 1 aliphatic rings. The molecule has 7 heteroatoms. The first kappa shape index (κ1) is 16.0. The van der Waals surface area contributed by atoms with Gasteiger partial charge in [-0.25, -0.2) is 9.97 Å². The Balaban J connectivity index is 1.69. The second-order valence-electron chi connectivity index (χ2n) is 5.29. The molecule has 1 aromatic heterocycles. The first-order valence-electron chi connectivity index (χ1n) is 7.31. The first-order valence-corrected chi connectivity index (χ1v) is 8.07. The number of rotatable bonds is 3. The molecule has 0 aliphatic carbocycles. The van der Waals surface area contributed by atoms with Crippen LogP contribution in [-0.4, -0.2) is 40.0 Å². The van der Waals surface area contributed by atoms with E-state index < -0.39 is 0 Å². The van der Waals surface area contributed by atoms with Crippen molar-refractivity contribution in [3.63, 3.8) is 0 Å². The minimum atomic E-state index is -0.124. The van der Waals surface area contributed by atoms with E-state index >= 15 is 0 Å². The van der Waals surface area contributed by atoms with Crippen LogP contribution >= 0.6 is 23.2 Å². The van der Waals surface area contributed by atoms with Crippen LogP contribution in [0.4, 0.5) is 0 Å². The van der Waals surface area contributed by atoms with Crippen LogP contribution in [0.25, 0.3) is 0 Å². The van der Waals surface area contributed by atoms with Crippen molar-refractivity contribution in [3.05, 3.63) is 52.3 Å². The fourth-order valence-corrected chi connectivity index (χ4v) is 3.04. The SMILES string of the molecule is O=C(c1ccc(Cl)cc1Cl)N1CCCC(Oc2ncccn2)C1. The van der Waals surface area contributed by atoms with Crippen LogP contribution in [0.5, 0.6) is 6.01 Å². The summed E-state index contributed by atoms with van der Waals surface area (Å²) in [6.45, 7) is 1.16. The number of piperidine rings is 1. The van der Waals surface area contributed by atoms with E-state index in [4.69, 9.17) is 27.9 Å². The molecule has 23 heavy (non-hydrogen) atoms. The Morgan fingerprint density at radius 3 is 2.78 bits per heavy atom. The number of hydrogen-bond donors (Lipinski definition) is 0. The van der Waals surface area contributed by atoms with Gasteiger partial charge in [0.25, 0.3) is 5.91 Å². The molecule has 0 saturated carbocycles. The molecule has 2 aromatic rings. The summed E-state index contributed by atoms with van der Waals surface area (Å²) >= 11 is 12.0. The highest BCUT2D eigenvalue weighted by Crippen LogP contribution is 2.24. The minimum Gasteiger partial charge on any atom is -0.458 e. The van der Waals surface area contributed by atoms with Crippen molar-refractivity contribution in [2.24, 2.45) is 0 Å². The third kappa shape index (κ3) is 3.92. The van der Waals surface area contributed by atoms with Crippen LogP contribution < -0.4 is 4.74 Å². The lowest BCUT2D eigenvalue weighted by Gasteiger charge is -2.32. The number of halogens is 2. The van der Waals surface area contributed by atoms with Gasteiger partial charge in [0.15, 0.2) is 0 Å². The quantitative estimate of drug-likeness (QED) is 0.849. The highest BCUT2D eigenvalue weighted by Gasteiger charge is 2.27. The molecule has 1 fully saturated rings. The summed E-state index contributed by atoms with van der Waals surface area (Å²) in [6, 6.07) is 6.95. The number of nitrogens with zero attached hydrogens (tertiary/aromatic N) is 3. The van der Waals surface area contributed by atoms with Gasteiger partial charge in [-0.05, 0) is 37.1 Å². The molecule has 0 bridgehead atoms. The zero-order valence-corrected chi connectivity index (χ0v) is 13.8. The monoisotopic (exact) mass is 351 g/mol. The van der Waals surface area contributed by atoms with Gasteiger partial charge in [0.1, 0.15) is 6.10 Å². The molecule has 2 heterocycles. The number of benzene rings is 1. The van der Waals surface area contributed by atoms with E-state index in [9.17, 15) is 4.79 Å². The van der Waals surface area contributed by atoms with Gasteiger partial charge in [-0.3, -0.25) is 4.79 Å². The van der Waals surface area contributed by atoms with Crippen LogP contribution in [0.1, 0.15) is 23.2 Å². The van der Waals surface area contributed by atoms with Crippen molar-refractivity contribution in [1.82, 2.24) is 14.9 Å². The number of ether oxygens (including phenoxy) is 1. The summed E-state index contributed by atoms with van der Waals surface area (Å²) < 4.78 is 5.75. The average molecular weight is 352 g/mol. The van der Waals surface area contributed by atoms with Gasteiger partial charge < -0.3 is 9.64 Å². The van der Waals surface area contributed by atoms with Crippen LogP contribution in [0.3, 0.4) is 0 Å². The van der Waals surface area contributed by atoms with Gasteiger partial charge in [0.05, 0.1) is 17.1 Å². The Hall–Kier alpha value is -1.85. The van der Waals surface area contributed by atoms with E-state index in [2.05, 4.69) is 9.97 Å². The molecule has 5 nitrogen and oxygen atoms in total. The third-order valence-electron chi connectivity index (χ3n) is 3.64. The molecule has 1 aliphatic heterocycles. The van der Waals surface area contributed by atoms with Gasteiger partial charge in [0.2, 0.25) is 0 Å². The fraction of sp³-hybridized carbons (Fsp3) is 0.312. The summed E-state index contributed by atoms with van der Waals surface area (Å²) in [6.07, 6.45) is 4.84. The number of likely N-dealkylation sites (tertiary alicyclic amines) is 1. The smallest absolute Gasteiger partial charge is 0.316 e. The van der Waals surface area contributed by atoms with E-state index in [-0.39, 0.29) is 12.0 Å². The lowest BCUT2D eigenvalue weighted by Crippen LogP contribution is -2.44. The average Bonchev–Trinajstić information content (AvgIpc) is 2.55. The maximum Gasteiger partial charge on any atom is 0.316 e. The van der Waals surface area contributed by atoms with E-state index in [1.807, 2.05) is 0 Å². The van der Waals surface area contributed by atoms with E-state index in [0.29, 0.717) is 34.7 Å². The topological polar surface area (TPSA) is 55.3 Å². The maximum atomic E-state index is 12.6. The Labute approximate surface area is 144 Å². The van der Waals surface area contributed by atoms with Crippen molar-refractivity contribution in [2.45, 2.75) is 18.9 Å². The molecule has 1 unspecified atom stereocenters. The van der Waals surface area contributed by atoms with Crippen molar-refractivity contribution in [1.29, 1.82) is 0 Å². The van der Waals surface area contributed by atoms with Crippen LogP contribution in [0, 0.1) is 0 Å². The summed E-state index contributed by atoms with van der Waals surface area (Å²) in [4.78, 5) is 22.5. The summed E-state index contributed by atoms with van der Waals surface area (Å²) in [7, 11) is 0. The van der Waals surface area contributed by atoms with Gasteiger partial charge >= 0.3 is 6.01 Å². The molecule has 0 N–H and O–H groups in total. The standard InChI is InChI=1S/C16H15Cl2N3O2/c17-11-4-5-13(14(18)9-11)15(22)21-8-1-3-12(10-21)23-16-19-6-2-7-20-16/h2,4-7,9,12H,1,3,8,10H2. The number of amides is 1. The van der Waals surface area contributed by atoms with Crippen molar-refractivity contribution in [2.75, 3.05) is 13.1 Å². The van der Waals surface area contributed by atoms with Crippen molar-refractivity contribution in [3.8, 4) is 6.01 Å². The van der Waals surface area contributed by atoms with E-state index in [1.54, 1.807) is 41.6 Å². The number of aromatic nitrogens is 2. The predicted octanol–water partition coefficient (Wildman–Crippen LogP) is 3.47. The molecule has 1 saturated heterocycles.